The maximum atomic E-state index is 12.1. The summed E-state index contributed by atoms with van der Waals surface area (Å²) in [5.74, 6) is 0.149. The van der Waals surface area contributed by atoms with Crippen LogP contribution in [0.5, 0.6) is 0 Å². The van der Waals surface area contributed by atoms with Crippen molar-refractivity contribution in [2.75, 3.05) is 27.2 Å². The summed E-state index contributed by atoms with van der Waals surface area (Å²) in [6.45, 7) is 3.85. The predicted molar refractivity (Wildman–Crippen MR) is 70.8 cm³/mol. The van der Waals surface area contributed by atoms with Gasteiger partial charge < -0.3 is 15.5 Å². The molecule has 0 saturated carbocycles. The Morgan fingerprint density at radius 1 is 1.41 bits per heavy atom. The first kappa shape index (κ1) is 14.5. The van der Waals surface area contributed by atoms with E-state index in [0.717, 1.165) is 45.2 Å². The zero-order chi connectivity index (χ0) is 12.8. The molecule has 1 amide bonds. The SMILES string of the molecule is CCCC[C@H](N)C(=O)N1CCC(N(C)C)CC1. The van der Waals surface area contributed by atoms with Gasteiger partial charge in [0, 0.05) is 19.1 Å². The Morgan fingerprint density at radius 2 is 2.00 bits per heavy atom. The summed E-state index contributed by atoms with van der Waals surface area (Å²) in [4.78, 5) is 16.3. The second-order valence-corrected chi connectivity index (χ2v) is 5.27. The van der Waals surface area contributed by atoms with Crippen LogP contribution in [0.4, 0.5) is 0 Å². The third-order valence-electron chi connectivity index (χ3n) is 3.69. The summed E-state index contributed by atoms with van der Waals surface area (Å²) in [6, 6.07) is 0.330. The fourth-order valence-corrected chi connectivity index (χ4v) is 2.38. The van der Waals surface area contributed by atoms with E-state index in [9.17, 15) is 4.79 Å². The van der Waals surface area contributed by atoms with E-state index in [4.69, 9.17) is 5.73 Å². The van der Waals surface area contributed by atoms with Crippen LogP contribution in [0.2, 0.25) is 0 Å². The number of hydrogen-bond acceptors (Lipinski definition) is 3. The molecule has 1 atom stereocenters. The highest BCUT2D eigenvalue weighted by Gasteiger charge is 2.26. The van der Waals surface area contributed by atoms with Gasteiger partial charge >= 0.3 is 0 Å². The molecule has 100 valence electrons. The first-order valence-corrected chi connectivity index (χ1v) is 6.77. The van der Waals surface area contributed by atoms with Gasteiger partial charge in [-0.3, -0.25) is 4.79 Å². The highest BCUT2D eigenvalue weighted by Crippen LogP contribution is 2.15. The van der Waals surface area contributed by atoms with Crippen LogP contribution in [0.1, 0.15) is 39.0 Å². The Morgan fingerprint density at radius 3 is 2.47 bits per heavy atom. The number of hydrogen-bond donors (Lipinski definition) is 1. The number of carbonyl (C=O) groups excluding carboxylic acids is 1. The largest absolute Gasteiger partial charge is 0.341 e. The normalized spacial score (nSPS) is 19.7. The molecule has 1 fully saturated rings. The van der Waals surface area contributed by atoms with Crippen molar-refractivity contribution in [2.45, 2.75) is 51.1 Å². The number of nitrogens with zero attached hydrogens (tertiary/aromatic N) is 2. The molecule has 0 aromatic rings. The van der Waals surface area contributed by atoms with Crippen LogP contribution in [-0.4, -0.2) is 55.0 Å². The van der Waals surface area contributed by atoms with Crippen LogP contribution >= 0.6 is 0 Å². The Bertz CT molecular complexity index is 235. The quantitative estimate of drug-likeness (QED) is 0.783. The lowest BCUT2D eigenvalue weighted by Gasteiger charge is -2.36. The summed E-state index contributed by atoms with van der Waals surface area (Å²) in [7, 11) is 4.21. The van der Waals surface area contributed by atoms with Crippen LogP contribution < -0.4 is 5.73 Å². The van der Waals surface area contributed by atoms with Crippen molar-refractivity contribution in [1.29, 1.82) is 0 Å². The monoisotopic (exact) mass is 241 g/mol. The zero-order valence-electron chi connectivity index (χ0n) is 11.5. The van der Waals surface area contributed by atoms with Crippen molar-refractivity contribution in [3.63, 3.8) is 0 Å². The summed E-state index contributed by atoms with van der Waals surface area (Å²) in [5.41, 5.74) is 5.93. The van der Waals surface area contributed by atoms with Gasteiger partial charge in [-0.05, 0) is 33.4 Å². The molecule has 0 aliphatic carbocycles. The molecule has 17 heavy (non-hydrogen) atoms. The van der Waals surface area contributed by atoms with Crippen molar-refractivity contribution in [1.82, 2.24) is 9.80 Å². The molecule has 0 bridgehead atoms. The van der Waals surface area contributed by atoms with Crippen LogP contribution in [0.25, 0.3) is 0 Å². The van der Waals surface area contributed by atoms with Gasteiger partial charge in [0.05, 0.1) is 6.04 Å². The molecular weight excluding hydrogens is 214 g/mol. The van der Waals surface area contributed by atoms with Crippen molar-refractivity contribution in [2.24, 2.45) is 5.73 Å². The third kappa shape index (κ3) is 4.28. The number of rotatable bonds is 5. The minimum Gasteiger partial charge on any atom is -0.341 e. The van der Waals surface area contributed by atoms with Crippen molar-refractivity contribution < 1.29 is 4.79 Å². The van der Waals surface area contributed by atoms with Gasteiger partial charge in [-0.2, -0.15) is 0 Å². The lowest BCUT2D eigenvalue weighted by atomic mass is 10.0. The standard InChI is InChI=1S/C13H27N3O/c1-4-5-6-12(14)13(17)16-9-7-11(8-10-16)15(2)3/h11-12H,4-10,14H2,1-3H3/t12-/m0/s1. The van der Waals surface area contributed by atoms with Gasteiger partial charge in [-0.1, -0.05) is 19.8 Å². The number of likely N-dealkylation sites (tertiary alicyclic amines) is 1. The van der Waals surface area contributed by atoms with E-state index in [0.29, 0.717) is 6.04 Å². The second kappa shape index (κ2) is 6.97. The predicted octanol–water partition coefficient (Wildman–Crippen LogP) is 1.06. The number of nitrogens with two attached hydrogens (primary N) is 1. The fraction of sp³-hybridized carbons (Fsp3) is 0.923. The van der Waals surface area contributed by atoms with E-state index in [-0.39, 0.29) is 11.9 Å². The number of unbranched alkanes of at least 4 members (excludes halogenated alkanes) is 1. The molecule has 2 N–H and O–H groups in total. The van der Waals surface area contributed by atoms with Crippen LogP contribution in [0.3, 0.4) is 0 Å². The average Bonchev–Trinajstić information content (AvgIpc) is 2.35. The molecule has 0 aromatic heterocycles. The topological polar surface area (TPSA) is 49.6 Å². The molecule has 0 spiro atoms. The first-order chi connectivity index (χ1) is 8.06. The molecule has 1 saturated heterocycles. The van der Waals surface area contributed by atoms with E-state index in [2.05, 4.69) is 25.9 Å². The van der Waals surface area contributed by atoms with Crippen LogP contribution in [-0.2, 0) is 4.79 Å². The highest BCUT2D eigenvalue weighted by atomic mass is 16.2. The Hall–Kier alpha value is -0.610. The third-order valence-corrected chi connectivity index (χ3v) is 3.69. The lowest BCUT2D eigenvalue weighted by molar-refractivity contribution is -0.134. The summed E-state index contributed by atoms with van der Waals surface area (Å²) in [6.07, 6.45) is 5.10. The molecular formula is C13H27N3O. The van der Waals surface area contributed by atoms with Crippen LogP contribution in [0, 0.1) is 0 Å². The van der Waals surface area contributed by atoms with Gasteiger partial charge in [0.2, 0.25) is 5.91 Å². The fourth-order valence-electron chi connectivity index (χ4n) is 2.38. The van der Waals surface area contributed by atoms with Gasteiger partial charge in [0.15, 0.2) is 0 Å². The van der Waals surface area contributed by atoms with Crippen molar-refractivity contribution in [3.8, 4) is 0 Å². The minimum absolute atomic E-state index is 0.149. The second-order valence-electron chi connectivity index (χ2n) is 5.27. The smallest absolute Gasteiger partial charge is 0.239 e. The van der Waals surface area contributed by atoms with Gasteiger partial charge in [0.1, 0.15) is 0 Å². The van der Waals surface area contributed by atoms with E-state index >= 15 is 0 Å². The summed E-state index contributed by atoms with van der Waals surface area (Å²) < 4.78 is 0. The average molecular weight is 241 g/mol. The van der Waals surface area contributed by atoms with Crippen molar-refractivity contribution >= 4 is 5.91 Å². The van der Waals surface area contributed by atoms with E-state index in [1.54, 1.807) is 0 Å². The summed E-state index contributed by atoms with van der Waals surface area (Å²) >= 11 is 0. The number of amides is 1. The lowest BCUT2D eigenvalue weighted by Crippen LogP contribution is -2.49. The molecule has 0 unspecified atom stereocenters. The minimum atomic E-state index is -0.286. The molecule has 4 nitrogen and oxygen atoms in total. The summed E-state index contributed by atoms with van der Waals surface area (Å²) in [5, 5.41) is 0. The van der Waals surface area contributed by atoms with E-state index < -0.39 is 0 Å². The first-order valence-electron chi connectivity index (χ1n) is 6.77. The van der Waals surface area contributed by atoms with E-state index in [1.165, 1.54) is 0 Å². The van der Waals surface area contributed by atoms with Gasteiger partial charge in [0.25, 0.3) is 0 Å². The zero-order valence-corrected chi connectivity index (χ0v) is 11.5. The van der Waals surface area contributed by atoms with Crippen molar-refractivity contribution in [3.05, 3.63) is 0 Å². The Labute approximate surface area is 105 Å². The molecule has 1 aliphatic heterocycles. The number of carbonyl (C=O) groups is 1. The highest BCUT2D eigenvalue weighted by molar-refractivity contribution is 5.81. The Kier molecular flexibility index (Phi) is 5.92. The number of piperidine rings is 1. The maximum Gasteiger partial charge on any atom is 0.239 e. The molecule has 1 aliphatic rings. The van der Waals surface area contributed by atoms with Gasteiger partial charge in [-0.25, -0.2) is 0 Å². The molecule has 1 rings (SSSR count). The molecule has 0 aromatic carbocycles. The van der Waals surface area contributed by atoms with Gasteiger partial charge in [-0.15, -0.1) is 0 Å². The molecule has 4 heteroatoms. The van der Waals surface area contributed by atoms with Crippen LogP contribution in [0.15, 0.2) is 0 Å². The molecule has 0 radical (unpaired) electrons. The Balaban J connectivity index is 2.35. The molecule has 1 heterocycles. The van der Waals surface area contributed by atoms with E-state index in [1.807, 2.05) is 4.90 Å². The maximum absolute atomic E-state index is 12.1.